The topological polar surface area (TPSA) is 35.2 Å². The molecular weight excluding hydrogens is 278 g/mol. The van der Waals surface area contributed by atoms with Crippen LogP contribution in [0.4, 0.5) is 0 Å². The van der Waals surface area contributed by atoms with Gasteiger partial charge in [-0.1, -0.05) is 22.9 Å². The molecular formula is C14H20BrNO. The smallest absolute Gasteiger partial charge is 0.119 e. The molecule has 2 atom stereocenters. The quantitative estimate of drug-likeness (QED) is 0.904. The highest BCUT2D eigenvalue weighted by Crippen LogP contribution is 2.38. The molecule has 1 saturated carbocycles. The largest absolute Gasteiger partial charge is 0.497 e. The van der Waals surface area contributed by atoms with Crippen LogP contribution >= 0.6 is 15.9 Å². The van der Waals surface area contributed by atoms with Crippen molar-refractivity contribution < 1.29 is 4.74 Å². The van der Waals surface area contributed by atoms with Crippen molar-refractivity contribution in [1.82, 2.24) is 0 Å². The van der Waals surface area contributed by atoms with E-state index >= 15 is 0 Å². The Morgan fingerprint density at radius 1 is 1.47 bits per heavy atom. The molecule has 2 N–H and O–H groups in total. The molecule has 2 nitrogen and oxygen atoms in total. The maximum Gasteiger partial charge on any atom is 0.119 e. The SMILES string of the molecule is COc1ccc(Br)c(CC(N)C(C)C2CC2)c1. The molecule has 1 aromatic carbocycles. The van der Waals surface area contributed by atoms with Crippen LogP contribution in [-0.2, 0) is 6.42 Å². The molecule has 1 fully saturated rings. The van der Waals surface area contributed by atoms with Crippen LogP contribution in [0.1, 0.15) is 25.3 Å². The number of nitrogens with two attached hydrogens (primary N) is 1. The minimum absolute atomic E-state index is 0.242. The van der Waals surface area contributed by atoms with Crippen molar-refractivity contribution in [1.29, 1.82) is 0 Å². The van der Waals surface area contributed by atoms with Gasteiger partial charge in [0.05, 0.1) is 7.11 Å². The summed E-state index contributed by atoms with van der Waals surface area (Å²) < 4.78 is 6.37. The second-order valence-electron chi connectivity index (χ2n) is 5.02. The zero-order valence-electron chi connectivity index (χ0n) is 10.4. The summed E-state index contributed by atoms with van der Waals surface area (Å²) in [6.45, 7) is 2.27. The summed E-state index contributed by atoms with van der Waals surface area (Å²) in [5, 5.41) is 0. The molecule has 0 saturated heterocycles. The van der Waals surface area contributed by atoms with E-state index in [1.165, 1.54) is 18.4 Å². The Morgan fingerprint density at radius 3 is 2.76 bits per heavy atom. The lowest BCUT2D eigenvalue weighted by atomic mass is 9.92. The van der Waals surface area contributed by atoms with Gasteiger partial charge in [-0.25, -0.2) is 0 Å². The van der Waals surface area contributed by atoms with Crippen molar-refractivity contribution in [3.63, 3.8) is 0 Å². The van der Waals surface area contributed by atoms with E-state index in [4.69, 9.17) is 10.5 Å². The Bertz CT molecular complexity index is 390. The fourth-order valence-corrected chi connectivity index (χ4v) is 2.65. The van der Waals surface area contributed by atoms with Gasteiger partial charge in [0.15, 0.2) is 0 Å². The second kappa shape index (κ2) is 5.40. The van der Waals surface area contributed by atoms with E-state index in [2.05, 4.69) is 28.9 Å². The molecule has 0 spiro atoms. The molecule has 0 aromatic heterocycles. The lowest BCUT2D eigenvalue weighted by molar-refractivity contribution is 0.400. The van der Waals surface area contributed by atoms with E-state index in [0.29, 0.717) is 5.92 Å². The average molecular weight is 298 g/mol. The Morgan fingerprint density at radius 2 is 2.18 bits per heavy atom. The predicted molar refractivity (Wildman–Crippen MR) is 74.3 cm³/mol. The molecule has 0 aliphatic heterocycles. The number of halogens is 1. The first-order chi connectivity index (χ1) is 8.11. The van der Waals surface area contributed by atoms with Crippen molar-refractivity contribution in [3.05, 3.63) is 28.2 Å². The Labute approximate surface area is 112 Å². The average Bonchev–Trinajstić information content (AvgIpc) is 3.15. The van der Waals surface area contributed by atoms with Crippen LogP contribution in [0.2, 0.25) is 0 Å². The minimum atomic E-state index is 0.242. The number of ether oxygens (including phenoxy) is 1. The maximum atomic E-state index is 6.29. The first-order valence-corrected chi connectivity index (χ1v) is 6.99. The summed E-state index contributed by atoms with van der Waals surface area (Å²) in [7, 11) is 1.69. The first kappa shape index (κ1) is 12.9. The minimum Gasteiger partial charge on any atom is -0.497 e. The van der Waals surface area contributed by atoms with Crippen molar-refractivity contribution in [3.8, 4) is 5.75 Å². The monoisotopic (exact) mass is 297 g/mol. The molecule has 2 rings (SSSR count). The van der Waals surface area contributed by atoms with Crippen LogP contribution in [0.5, 0.6) is 5.75 Å². The predicted octanol–water partition coefficient (Wildman–Crippen LogP) is 3.37. The maximum absolute atomic E-state index is 6.29. The van der Waals surface area contributed by atoms with Crippen LogP contribution in [-0.4, -0.2) is 13.2 Å². The van der Waals surface area contributed by atoms with Crippen LogP contribution in [0.3, 0.4) is 0 Å². The Balaban J connectivity index is 2.05. The van der Waals surface area contributed by atoms with Crippen molar-refractivity contribution in [2.45, 2.75) is 32.2 Å². The van der Waals surface area contributed by atoms with Gasteiger partial charge >= 0.3 is 0 Å². The van der Waals surface area contributed by atoms with E-state index in [1.54, 1.807) is 7.11 Å². The van der Waals surface area contributed by atoms with Gasteiger partial charge in [0.2, 0.25) is 0 Å². The molecule has 94 valence electrons. The lowest BCUT2D eigenvalue weighted by Crippen LogP contribution is -2.31. The fourth-order valence-electron chi connectivity index (χ4n) is 2.25. The molecule has 0 bridgehead atoms. The van der Waals surface area contributed by atoms with Crippen LogP contribution < -0.4 is 10.5 Å². The highest BCUT2D eigenvalue weighted by Gasteiger charge is 2.31. The number of hydrogen-bond donors (Lipinski definition) is 1. The number of benzene rings is 1. The van der Waals surface area contributed by atoms with E-state index in [0.717, 1.165) is 22.6 Å². The molecule has 1 aromatic rings. The summed E-state index contributed by atoms with van der Waals surface area (Å²) in [6, 6.07) is 6.31. The van der Waals surface area contributed by atoms with Crippen LogP contribution in [0.25, 0.3) is 0 Å². The third-order valence-corrected chi connectivity index (χ3v) is 4.52. The second-order valence-corrected chi connectivity index (χ2v) is 5.88. The fraction of sp³-hybridized carbons (Fsp3) is 0.571. The van der Waals surface area contributed by atoms with Crippen molar-refractivity contribution >= 4 is 15.9 Å². The molecule has 2 unspecified atom stereocenters. The zero-order valence-corrected chi connectivity index (χ0v) is 12.0. The summed E-state index contributed by atoms with van der Waals surface area (Å²) in [4.78, 5) is 0. The van der Waals surface area contributed by atoms with E-state index in [-0.39, 0.29) is 6.04 Å². The molecule has 3 heteroatoms. The lowest BCUT2D eigenvalue weighted by Gasteiger charge is -2.20. The Kier molecular flexibility index (Phi) is 4.10. The molecule has 1 aliphatic rings. The van der Waals surface area contributed by atoms with Gasteiger partial charge in [0.1, 0.15) is 5.75 Å². The highest BCUT2D eigenvalue weighted by molar-refractivity contribution is 9.10. The molecule has 0 radical (unpaired) electrons. The van der Waals surface area contributed by atoms with Crippen LogP contribution in [0, 0.1) is 11.8 Å². The summed E-state index contributed by atoms with van der Waals surface area (Å²) >= 11 is 3.58. The van der Waals surface area contributed by atoms with Gasteiger partial charge < -0.3 is 10.5 Å². The third-order valence-electron chi connectivity index (χ3n) is 3.75. The standard InChI is InChI=1S/C14H20BrNO/c1-9(10-3-4-10)14(16)8-11-7-12(17-2)5-6-13(11)15/h5-7,9-10,14H,3-4,8,16H2,1-2H3. The van der Waals surface area contributed by atoms with E-state index < -0.39 is 0 Å². The van der Waals surface area contributed by atoms with Gasteiger partial charge in [0, 0.05) is 10.5 Å². The zero-order chi connectivity index (χ0) is 12.4. The molecule has 0 heterocycles. The number of methoxy groups -OCH3 is 1. The van der Waals surface area contributed by atoms with Gasteiger partial charge in [-0.3, -0.25) is 0 Å². The van der Waals surface area contributed by atoms with E-state index in [9.17, 15) is 0 Å². The van der Waals surface area contributed by atoms with Gasteiger partial charge in [-0.2, -0.15) is 0 Å². The normalized spacial score (nSPS) is 18.8. The number of rotatable bonds is 5. The molecule has 0 amide bonds. The summed E-state index contributed by atoms with van der Waals surface area (Å²) in [5.74, 6) is 2.37. The third kappa shape index (κ3) is 3.23. The summed E-state index contributed by atoms with van der Waals surface area (Å²) in [5.41, 5.74) is 7.53. The van der Waals surface area contributed by atoms with Gasteiger partial charge in [-0.05, 0) is 54.9 Å². The Hall–Kier alpha value is -0.540. The van der Waals surface area contributed by atoms with E-state index in [1.807, 2.05) is 12.1 Å². The summed E-state index contributed by atoms with van der Waals surface area (Å²) in [6.07, 6.45) is 3.62. The first-order valence-electron chi connectivity index (χ1n) is 6.20. The number of hydrogen-bond acceptors (Lipinski definition) is 2. The van der Waals surface area contributed by atoms with Crippen LogP contribution in [0.15, 0.2) is 22.7 Å². The van der Waals surface area contributed by atoms with Crippen molar-refractivity contribution in [2.24, 2.45) is 17.6 Å². The van der Waals surface area contributed by atoms with Crippen molar-refractivity contribution in [2.75, 3.05) is 7.11 Å². The highest BCUT2D eigenvalue weighted by atomic mass is 79.9. The van der Waals surface area contributed by atoms with Gasteiger partial charge in [0.25, 0.3) is 0 Å². The van der Waals surface area contributed by atoms with Gasteiger partial charge in [-0.15, -0.1) is 0 Å². The molecule has 1 aliphatic carbocycles. The molecule has 17 heavy (non-hydrogen) atoms.